The first-order valence-corrected chi connectivity index (χ1v) is 6.17. The van der Waals surface area contributed by atoms with Crippen LogP contribution in [0.1, 0.15) is 24.8 Å². The minimum absolute atomic E-state index is 0.303. The second kappa shape index (κ2) is 5.07. The van der Waals surface area contributed by atoms with Crippen LogP contribution in [-0.4, -0.2) is 19.2 Å². The van der Waals surface area contributed by atoms with Crippen LogP contribution in [0.5, 0.6) is 5.75 Å². The highest BCUT2D eigenvalue weighted by Gasteiger charge is 2.25. The summed E-state index contributed by atoms with van der Waals surface area (Å²) in [5.41, 5.74) is 1.18. The zero-order valence-corrected chi connectivity index (χ0v) is 10.6. The Morgan fingerprint density at radius 1 is 1.38 bits per heavy atom. The summed E-state index contributed by atoms with van der Waals surface area (Å²) in [6.45, 7) is 2.05. The van der Waals surface area contributed by atoms with Crippen molar-refractivity contribution in [2.45, 2.75) is 38.3 Å². The number of halogens is 1. The van der Waals surface area contributed by atoms with Crippen LogP contribution in [-0.2, 0) is 0 Å². The van der Waals surface area contributed by atoms with Crippen LogP contribution in [0.15, 0.2) is 18.2 Å². The first kappa shape index (κ1) is 11.7. The monoisotopic (exact) mass is 239 g/mol. The van der Waals surface area contributed by atoms with E-state index in [4.69, 9.17) is 16.3 Å². The fraction of sp³-hybridized carbons (Fsp3) is 0.538. The molecule has 2 rings (SSSR count). The third kappa shape index (κ3) is 2.69. The summed E-state index contributed by atoms with van der Waals surface area (Å²) in [6, 6.07) is 6.50. The van der Waals surface area contributed by atoms with E-state index in [0.717, 1.165) is 18.6 Å². The van der Waals surface area contributed by atoms with E-state index in [1.807, 2.05) is 32.2 Å². The van der Waals surface area contributed by atoms with Gasteiger partial charge >= 0.3 is 0 Å². The lowest BCUT2D eigenvalue weighted by Gasteiger charge is -2.15. The predicted molar refractivity (Wildman–Crippen MR) is 67.3 cm³/mol. The van der Waals surface area contributed by atoms with Gasteiger partial charge < -0.3 is 10.1 Å². The van der Waals surface area contributed by atoms with Gasteiger partial charge in [-0.2, -0.15) is 0 Å². The first-order chi connectivity index (χ1) is 7.69. The van der Waals surface area contributed by atoms with E-state index in [1.54, 1.807) is 0 Å². The Hall–Kier alpha value is -0.730. The van der Waals surface area contributed by atoms with Gasteiger partial charge in [-0.1, -0.05) is 17.7 Å². The highest BCUT2D eigenvalue weighted by Crippen LogP contribution is 2.30. The SMILES string of the molecule is CNC1CCC(Oc2cc(C)ccc2Cl)C1. The molecule has 1 saturated carbocycles. The van der Waals surface area contributed by atoms with E-state index < -0.39 is 0 Å². The van der Waals surface area contributed by atoms with Gasteiger partial charge in [0.1, 0.15) is 11.9 Å². The van der Waals surface area contributed by atoms with Crippen molar-refractivity contribution in [3.8, 4) is 5.75 Å². The molecule has 0 bridgehead atoms. The Kier molecular flexibility index (Phi) is 3.72. The third-order valence-corrected chi connectivity index (χ3v) is 3.49. The van der Waals surface area contributed by atoms with Gasteiger partial charge in [-0.3, -0.25) is 0 Å². The number of aryl methyl sites for hydroxylation is 1. The number of rotatable bonds is 3. The van der Waals surface area contributed by atoms with Gasteiger partial charge in [0.15, 0.2) is 0 Å². The maximum atomic E-state index is 6.10. The summed E-state index contributed by atoms with van der Waals surface area (Å²) in [5.74, 6) is 0.823. The van der Waals surface area contributed by atoms with E-state index >= 15 is 0 Å². The molecule has 1 fully saturated rings. The van der Waals surface area contributed by atoms with Crippen LogP contribution in [0.2, 0.25) is 5.02 Å². The largest absolute Gasteiger partial charge is 0.489 e. The fourth-order valence-corrected chi connectivity index (χ4v) is 2.35. The van der Waals surface area contributed by atoms with Gasteiger partial charge in [0, 0.05) is 6.04 Å². The maximum absolute atomic E-state index is 6.10. The van der Waals surface area contributed by atoms with Crippen LogP contribution >= 0.6 is 11.6 Å². The molecule has 0 spiro atoms. The van der Waals surface area contributed by atoms with Crippen molar-refractivity contribution in [3.05, 3.63) is 28.8 Å². The topological polar surface area (TPSA) is 21.3 Å². The number of benzene rings is 1. The molecule has 0 aromatic heterocycles. The van der Waals surface area contributed by atoms with Crippen molar-refractivity contribution in [1.29, 1.82) is 0 Å². The standard InChI is InChI=1S/C13H18ClNO/c1-9-3-6-12(14)13(7-9)16-11-5-4-10(8-11)15-2/h3,6-7,10-11,15H,4-5,8H2,1-2H3. The minimum atomic E-state index is 0.303. The molecule has 2 atom stereocenters. The second-order valence-corrected chi connectivity index (χ2v) is 4.88. The molecule has 2 nitrogen and oxygen atoms in total. The molecule has 1 aromatic rings. The summed E-state index contributed by atoms with van der Waals surface area (Å²) in [4.78, 5) is 0. The Morgan fingerprint density at radius 3 is 2.88 bits per heavy atom. The smallest absolute Gasteiger partial charge is 0.138 e. The van der Waals surface area contributed by atoms with Crippen molar-refractivity contribution >= 4 is 11.6 Å². The highest BCUT2D eigenvalue weighted by molar-refractivity contribution is 6.32. The zero-order chi connectivity index (χ0) is 11.5. The number of hydrogen-bond donors (Lipinski definition) is 1. The Balaban J connectivity index is 2.01. The molecule has 0 aliphatic heterocycles. The summed E-state index contributed by atoms with van der Waals surface area (Å²) in [5, 5.41) is 4.00. The van der Waals surface area contributed by atoms with Crippen LogP contribution in [0, 0.1) is 6.92 Å². The normalized spacial score (nSPS) is 24.7. The third-order valence-electron chi connectivity index (χ3n) is 3.17. The van der Waals surface area contributed by atoms with Crippen LogP contribution in [0.4, 0.5) is 0 Å². The molecular weight excluding hydrogens is 222 g/mol. The quantitative estimate of drug-likeness (QED) is 0.875. The van der Waals surface area contributed by atoms with Crippen molar-refractivity contribution in [2.24, 2.45) is 0 Å². The summed E-state index contributed by atoms with van der Waals surface area (Å²) in [6.07, 6.45) is 3.66. The Morgan fingerprint density at radius 2 is 2.19 bits per heavy atom. The lowest BCUT2D eigenvalue weighted by Crippen LogP contribution is -2.23. The fourth-order valence-electron chi connectivity index (χ4n) is 2.19. The van der Waals surface area contributed by atoms with Gasteiger partial charge in [-0.25, -0.2) is 0 Å². The number of ether oxygens (including phenoxy) is 1. The average Bonchev–Trinajstić information content (AvgIpc) is 2.71. The zero-order valence-electron chi connectivity index (χ0n) is 9.79. The van der Waals surface area contributed by atoms with Crippen molar-refractivity contribution in [3.63, 3.8) is 0 Å². The Bertz CT molecular complexity index is 367. The molecule has 0 amide bonds. The van der Waals surface area contributed by atoms with Gasteiger partial charge in [0.25, 0.3) is 0 Å². The van der Waals surface area contributed by atoms with E-state index in [0.29, 0.717) is 17.2 Å². The van der Waals surface area contributed by atoms with Crippen LogP contribution in [0.25, 0.3) is 0 Å². The van der Waals surface area contributed by atoms with Gasteiger partial charge in [-0.15, -0.1) is 0 Å². The predicted octanol–water partition coefficient (Wildman–Crippen LogP) is 3.17. The van der Waals surface area contributed by atoms with Gasteiger partial charge in [0.05, 0.1) is 5.02 Å². The molecule has 0 radical (unpaired) electrons. The molecule has 1 N–H and O–H groups in total. The highest BCUT2D eigenvalue weighted by atomic mass is 35.5. The summed E-state index contributed by atoms with van der Waals surface area (Å²) < 4.78 is 5.95. The molecule has 2 unspecified atom stereocenters. The molecule has 3 heteroatoms. The molecule has 16 heavy (non-hydrogen) atoms. The summed E-state index contributed by atoms with van der Waals surface area (Å²) in [7, 11) is 2.01. The lowest BCUT2D eigenvalue weighted by molar-refractivity contribution is 0.207. The average molecular weight is 240 g/mol. The van der Waals surface area contributed by atoms with E-state index in [-0.39, 0.29) is 0 Å². The molecular formula is C13H18ClNO. The summed E-state index contributed by atoms with van der Waals surface area (Å²) >= 11 is 6.10. The van der Waals surface area contributed by atoms with Crippen molar-refractivity contribution in [2.75, 3.05) is 7.05 Å². The van der Waals surface area contributed by atoms with E-state index in [1.165, 1.54) is 12.0 Å². The first-order valence-electron chi connectivity index (χ1n) is 5.79. The molecule has 0 saturated heterocycles. The molecule has 1 aliphatic rings. The van der Waals surface area contributed by atoms with E-state index in [2.05, 4.69) is 5.32 Å². The molecule has 1 aliphatic carbocycles. The molecule has 1 aromatic carbocycles. The van der Waals surface area contributed by atoms with Gasteiger partial charge in [0.2, 0.25) is 0 Å². The second-order valence-electron chi connectivity index (χ2n) is 4.47. The van der Waals surface area contributed by atoms with Crippen LogP contribution in [0.3, 0.4) is 0 Å². The number of hydrogen-bond acceptors (Lipinski definition) is 2. The van der Waals surface area contributed by atoms with Crippen molar-refractivity contribution < 1.29 is 4.74 Å². The van der Waals surface area contributed by atoms with E-state index in [9.17, 15) is 0 Å². The molecule has 88 valence electrons. The van der Waals surface area contributed by atoms with Crippen molar-refractivity contribution in [1.82, 2.24) is 5.32 Å². The Labute approximate surface area is 102 Å². The minimum Gasteiger partial charge on any atom is -0.489 e. The number of nitrogens with one attached hydrogen (secondary N) is 1. The van der Waals surface area contributed by atoms with Gasteiger partial charge in [-0.05, 0) is 50.9 Å². The lowest BCUT2D eigenvalue weighted by atomic mass is 10.2. The van der Waals surface area contributed by atoms with Crippen LogP contribution < -0.4 is 10.1 Å². The maximum Gasteiger partial charge on any atom is 0.138 e. The molecule has 0 heterocycles.